The Balaban J connectivity index is 0.000000218. The fourth-order valence-corrected chi connectivity index (χ4v) is 9.75. The van der Waals surface area contributed by atoms with E-state index in [-0.39, 0.29) is 20.1 Å². The molecule has 0 aliphatic rings. The summed E-state index contributed by atoms with van der Waals surface area (Å²) < 4.78 is 8.68. The Morgan fingerprint density at radius 3 is 2.06 bits per heavy atom. The molecule has 0 unspecified atom stereocenters. The van der Waals surface area contributed by atoms with Crippen LogP contribution in [0.5, 0.6) is 0 Å². The fourth-order valence-electron chi connectivity index (χ4n) is 8.71. The van der Waals surface area contributed by atoms with Gasteiger partial charge in [-0.25, -0.2) is 0 Å². The van der Waals surface area contributed by atoms with Crippen molar-refractivity contribution in [1.82, 2.24) is 14.5 Å². The van der Waals surface area contributed by atoms with Gasteiger partial charge in [-0.3, -0.25) is 4.98 Å². The molecular weight excluding hydrogens is 963 g/mol. The minimum absolute atomic E-state index is 0. The molecule has 0 aliphatic carbocycles. The number of nitrogens with zero attached hydrogens (tertiary/aromatic N) is 3. The van der Waals surface area contributed by atoms with Crippen LogP contribution in [0.2, 0.25) is 19.6 Å². The molecule has 0 fully saturated rings. The van der Waals surface area contributed by atoms with Crippen molar-refractivity contribution >= 4 is 57.0 Å². The van der Waals surface area contributed by atoms with Crippen LogP contribution in [0.1, 0.15) is 61.8 Å². The van der Waals surface area contributed by atoms with E-state index < -0.39 is 8.07 Å². The van der Waals surface area contributed by atoms with Crippen molar-refractivity contribution in [3.05, 3.63) is 180 Å². The van der Waals surface area contributed by atoms with E-state index in [0.29, 0.717) is 11.8 Å². The van der Waals surface area contributed by atoms with Crippen molar-refractivity contribution in [3.8, 4) is 39.5 Å². The van der Waals surface area contributed by atoms with E-state index in [1.807, 2.05) is 18.3 Å². The van der Waals surface area contributed by atoms with Gasteiger partial charge in [0.25, 0.3) is 0 Å². The van der Waals surface area contributed by atoms with Crippen LogP contribution in [0.25, 0.3) is 83.2 Å². The number of aromatic nitrogens is 3. The first kappa shape index (κ1) is 43.7. The predicted octanol–water partition coefficient (Wildman–Crippen LogP) is 15.2. The Bertz CT molecular complexity index is 3210. The third-order valence-electron chi connectivity index (χ3n) is 12.0. The second-order valence-corrected chi connectivity index (χ2v) is 23.3. The zero-order valence-corrected chi connectivity index (χ0v) is 41.0. The number of benzene rings is 7. The molecule has 0 N–H and O–H groups in total. The molecule has 63 heavy (non-hydrogen) atoms. The van der Waals surface area contributed by atoms with Crippen LogP contribution in [0, 0.1) is 26.0 Å². The molecule has 0 aliphatic heterocycles. The van der Waals surface area contributed by atoms with Crippen LogP contribution >= 0.6 is 0 Å². The number of imidazole rings is 1. The quantitative estimate of drug-likeness (QED) is 0.118. The first-order valence-corrected chi connectivity index (χ1v) is 25.3. The van der Waals surface area contributed by atoms with Gasteiger partial charge in [-0.1, -0.05) is 149 Å². The first-order valence-electron chi connectivity index (χ1n) is 21.8. The molecule has 10 aromatic rings. The normalized spacial score (nSPS) is 11.7. The molecule has 6 heteroatoms. The van der Waals surface area contributed by atoms with E-state index in [2.05, 4.69) is 210 Å². The van der Waals surface area contributed by atoms with E-state index in [9.17, 15) is 0 Å². The zero-order chi connectivity index (χ0) is 43.3. The number of para-hydroxylation sites is 2. The molecule has 0 bridgehead atoms. The fraction of sp³-hybridized carbons (Fsp3) is 0.193. The SMILES string of the molecule is C[Si](C)(C)c1ccc(-c2[c-]ccc3ccccc23)nc1.Cc1cc(C)c2oc3c[c-]c(-c4nc5ccccc5n4-c4c(C(C)C)cc(-c5ccccc5)cc4C(C)C)cc3c2c1.[Ir]. The second kappa shape index (κ2) is 17.7. The second-order valence-electron chi connectivity index (χ2n) is 18.2. The number of fused-ring (bicyclic) bond motifs is 5. The van der Waals surface area contributed by atoms with Gasteiger partial charge in [-0.2, -0.15) is 0 Å². The van der Waals surface area contributed by atoms with Crippen molar-refractivity contribution in [2.45, 2.75) is 73.0 Å². The topological polar surface area (TPSA) is 43.9 Å². The molecule has 0 spiro atoms. The van der Waals surface area contributed by atoms with Gasteiger partial charge in [-0.05, 0) is 94.7 Å². The van der Waals surface area contributed by atoms with Gasteiger partial charge in [-0.15, -0.1) is 52.9 Å². The number of furan rings is 1. The molecule has 7 aromatic carbocycles. The van der Waals surface area contributed by atoms with Crippen LogP contribution < -0.4 is 5.19 Å². The van der Waals surface area contributed by atoms with Crippen molar-refractivity contribution in [2.75, 3.05) is 0 Å². The zero-order valence-electron chi connectivity index (χ0n) is 37.6. The Kier molecular flexibility index (Phi) is 12.3. The predicted molar refractivity (Wildman–Crippen MR) is 265 cm³/mol. The Morgan fingerprint density at radius 2 is 1.37 bits per heavy atom. The number of aryl methyl sites for hydroxylation is 2. The van der Waals surface area contributed by atoms with Crippen molar-refractivity contribution in [3.63, 3.8) is 0 Å². The average Bonchev–Trinajstić information content (AvgIpc) is 3.84. The Morgan fingerprint density at radius 1 is 0.667 bits per heavy atom. The molecule has 3 aromatic heterocycles. The molecular formula is C57H53IrN3OSi-2. The molecule has 0 saturated carbocycles. The third-order valence-corrected chi connectivity index (χ3v) is 14.0. The minimum atomic E-state index is -1.28. The standard InChI is InChI=1S/C39H35N2O.C18H18NSi.Ir/c1-23(2)30-21-29(27-12-8-7-9-13-27)22-31(24(3)4)37(30)41-35-15-11-10-14-34(35)40-39(41)28-16-17-36-32(20-28)33-19-25(5)18-26(6)38(33)42-36;1-20(2,3)15-11-12-18(19-13-15)17-10-6-8-14-7-4-5-9-16(14)17;/h7-15,17-24H,1-6H3;4-9,11-13H,1-3H3;/q2*-1;. The number of hydrogen-bond donors (Lipinski definition) is 0. The maximum Gasteiger partial charge on any atom is 0.123 e. The monoisotopic (exact) mass is 1020 g/mol. The molecule has 4 nitrogen and oxygen atoms in total. The molecule has 317 valence electrons. The van der Waals surface area contributed by atoms with Gasteiger partial charge in [0.05, 0.1) is 30.5 Å². The summed E-state index contributed by atoms with van der Waals surface area (Å²) in [6.07, 6.45) is 2.04. The maximum absolute atomic E-state index is 6.30. The van der Waals surface area contributed by atoms with Crippen LogP contribution in [0.15, 0.2) is 150 Å². The molecule has 0 saturated heterocycles. The third kappa shape index (κ3) is 8.48. The number of hydrogen-bond acceptors (Lipinski definition) is 3. The van der Waals surface area contributed by atoms with E-state index >= 15 is 0 Å². The Labute approximate surface area is 386 Å². The Hall–Kier alpha value is -5.91. The summed E-state index contributed by atoms with van der Waals surface area (Å²) in [6.45, 7) is 20.4. The molecule has 1 radical (unpaired) electrons. The summed E-state index contributed by atoms with van der Waals surface area (Å²) in [7, 11) is -1.28. The summed E-state index contributed by atoms with van der Waals surface area (Å²) in [5, 5.41) is 6.07. The summed E-state index contributed by atoms with van der Waals surface area (Å²) in [6, 6.07) is 56.2. The smallest absolute Gasteiger partial charge is 0.123 e. The van der Waals surface area contributed by atoms with Gasteiger partial charge in [0, 0.05) is 37.4 Å². The summed E-state index contributed by atoms with van der Waals surface area (Å²) in [5.41, 5.74) is 15.6. The van der Waals surface area contributed by atoms with E-state index in [1.165, 1.54) is 49.5 Å². The number of pyridine rings is 1. The van der Waals surface area contributed by atoms with Crippen LogP contribution in [-0.4, -0.2) is 22.6 Å². The summed E-state index contributed by atoms with van der Waals surface area (Å²) >= 11 is 0. The van der Waals surface area contributed by atoms with Crippen molar-refractivity contribution in [1.29, 1.82) is 0 Å². The van der Waals surface area contributed by atoms with Crippen LogP contribution in [-0.2, 0) is 20.1 Å². The maximum atomic E-state index is 6.30. The van der Waals surface area contributed by atoms with E-state index in [1.54, 1.807) is 0 Å². The van der Waals surface area contributed by atoms with E-state index in [4.69, 9.17) is 9.40 Å². The minimum Gasteiger partial charge on any atom is -0.500 e. The van der Waals surface area contributed by atoms with Crippen molar-refractivity contribution < 1.29 is 24.5 Å². The van der Waals surface area contributed by atoms with Gasteiger partial charge < -0.3 is 14.0 Å². The average molecular weight is 1020 g/mol. The van der Waals surface area contributed by atoms with Gasteiger partial charge in [0.15, 0.2) is 0 Å². The van der Waals surface area contributed by atoms with E-state index in [0.717, 1.165) is 61.2 Å². The molecule has 0 atom stereocenters. The molecule has 10 rings (SSSR count). The summed E-state index contributed by atoms with van der Waals surface area (Å²) in [4.78, 5) is 9.92. The van der Waals surface area contributed by atoms with Crippen molar-refractivity contribution in [2.24, 2.45) is 0 Å². The van der Waals surface area contributed by atoms with Gasteiger partial charge in [0.2, 0.25) is 0 Å². The largest absolute Gasteiger partial charge is 0.500 e. The molecule has 3 heterocycles. The summed E-state index contributed by atoms with van der Waals surface area (Å²) in [5.74, 6) is 1.52. The van der Waals surface area contributed by atoms with Gasteiger partial charge in [0.1, 0.15) is 5.58 Å². The van der Waals surface area contributed by atoms with Crippen LogP contribution in [0.4, 0.5) is 0 Å². The van der Waals surface area contributed by atoms with Gasteiger partial charge >= 0.3 is 0 Å². The molecule has 0 amide bonds. The van der Waals surface area contributed by atoms with Crippen LogP contribution in [0.3, 0.4) is 0 Å². The number of rotatable bonds is 7. The first-order chi connectivity index (χ1) is 29.9.